The monoisotopic (exact) mass is 281 g/mol. The third-order valence-electron chi connectivity index (χ3n) is 1.99. The van der Waals surface area contributed by atoms with Crippen LogP contribution in [0.1, 0.15) is 11.8 Å². The van der Waals surface area contributed by atoms with Crippen LogP contribution in [0.2, 0.25) is 0 Å². The predicted octanol–water partition coefficient (Wildman–Crippen LogP) is 2.37. The first-order valence-corrected chi connectivity index (χ1v) is 6.21. The molecule has 1 amide bonds. The zero-order valence-electron chi connectivity index (χ0n) is 9.79. The molecule has 18 heavy (non-hydrogen) atoms. The minimum Gasteiger partial charge on any atom is -0.362 e. The Morgan fingerprint density at radius 2 is 2.28 bits per heavy atom. The molecule has 102 valence electrons. The van der Waals surface area contributed by atoms with Gasteiger partial charge in [-0.1, -0.05) is 6.07 Å². The number of hydrogen-bond donors (Lipinski definition) is 1. The highest BCUT2D eigenvalue weighted by Gasteiger charge is 2.27. The van der Waals surface area contributed by atoms with E-state index in [-0.39, 0.29) is 6.04 Å². The summed E-state index contributed by atoms with van der Waals surface area (Å²) in [6.07, 6.45) is -3.74. The Kier molecular flexibility index (Phi) is 5.61. The van der Waals surface area contributed by atoms with Gasteiger partial charge in [0.15, 0.2) is 0 Å². The smallest absolute Gasteiger partial charge is 0.362 e. The van der Waals surface area contributed by atoms with Crippen LogP contribution in [0.3, 0.4) is 0 Å². The van der Waals surface area contributed by atoms with Gasteiger partial charge in [0.1, 0.15) is 13.2 Å². The first kappa shape index (κ1) is 15.0. The van der Waals surface area contributed by atoms with Gasteiger partial charge in [0.05, 0.1) is 0 Å². The first-order valence-electron chi connectivity index (χ1n) is 5.33. The molecule has 0 aliphatic heterocycles. The average Bonchev–Trinajstić information content (AvgIpc) is 2.67. The molecule has 0 aliphatic carbocycles. The van der Waals surface area contributed by atoms with Crippen LogP contribution in [0, 0.1) is 0 Å². The molecule has 0 saturated heterocycles. The van der Waals surface area contributed by atoms with Crippen LogP contribution in [-0.4, -0.2) is 31.3 Å². The van der Waals surface area contributed by atoms with E-state index >= 15 is 0 Å². The van der Waals surface area contributed by atoms with Crippen LogP contribution in [0.4, 0.5) is 13.2 Å². The second kappa shape index (κ2) is 6.75. The summed E-state index contributed by atoms with van der Waals surface area (Å²) in [6, 6.07) is 3.71. The molecule has 3 nitrogen and oxygen atoms in total. The van der Waals surface area contributed by atoms with E-state index in [2.05, 4.69) is 10.1 Å². The van der Waals surface area contributed by atoms with Crippen LogP contribution in [0.15, 0.2) is 17.5 Å². The van der Waals surface area contributed by atoms with Gasteiger partial charge in [0.2, 0.25) is 5.91 Å². The molecule has 1 atom stereocenters. The van der Waals surface area contributed by atoms with E-state index in [1.54, 1.807) is 18.3 Å². The molecule has 0 radical (unpaired) electrons. The maximum atomic E-state index is 11.8. The molecule has 1 aromatic heterocycles. The zero-order chi connectivity index (χ0) is 13.6. The van der Waals surface area contributed by atoms with Crippen molar-refractivity contribution >= 4 is 17.2 Å². The molecule has 1 aromatic rings. The lowest BCUT2D eigenvalue weighted by Crippen LogP contribution is -2.37. The highest BCUT2D eigenvalue weighted by atomic mass is 32.1. The van der Waals surface area contributed by atoms with Gasteiger partial charge >= 0.3 is 6.18 Å². The summed E-state index contributed by atoms with van der Waals surface area (Å²) in [5, 5.41) is 4.51. The van der Waals surface area contributed by atoms with Crippen LogP contribution >= 0.6 is 11.3 Å². The van der Waals surface area contributed by atoms with Gasteiger partial charge in [-0.15, -0.1) is 11.3 Å². The van der Waals surface area contributed by atoms with Gasteiger partial charge in [0.25, 0.3) is 0 Å². The summed E-state index contributed by atoms with van der Waals surface area (Å²) in [5.41, 5.74) is 0. The third kappa shape index (κ3) is 6.61. The molecule has 0 aromatic carbocycles. The molecule has 0 aliphatic rings. The van der Waals surface area contributed by atoms with Gasteiger partial charge in [-0.05, 0) is 18.4 Å². The van der Waals surface area contributed by atoms with Crippen LogP contribution in [-0.2, 0) is 16.0 Å². The number of thiophene rings is 1. The molecule has 0 spiro atoms. The molecule has 1 rings (SSSR count). The molecular weight excluding hydrogens is 267 g/mol. The van der Waals surface area contributed by atoms with Crippen molar-refractivity contribution < 1.29 is 22.7 Å². The van der Waals surface area contributed by atoms with E-state index in [1.807, 2.05) is 17.5 Å². The Morgan fingerprint density at radius 1 is 1.56 bits per heavy atom. The standard InChI is InChI=1S/C11H14F3NO2S/c1-8(5-9-3-2-4-18-9)15-10(16)6-17-7-11(12,13)14/h2-4,8H,5-7H2,1H3,(H,15,16). The summed E-state index contributed by atoms with van der Waals surface area (Å²) in [4.78, 5) is 12.4. The van der Waals surface area contributed by atoms with Crippen molar-refractivity contribution in [1.29, 1.82) is 0 Å². The van der Waals surface area contributed by atoms with Crippen molar-refractivity contribution in [3.05, 3.63) is 22.4 Å². The number of rotatable bonds is 6. The molecule has 7 heteroatoms. The third-order valence-corrected chi connectivity index (χ3v) is 2.89. The van der Waals surface area contributed by atoms with Crippen LogP contribution in [0.25, 0.3) is 0 Å². The van der Waals surface area contributed by atoms with E-state index in [0.717, 1.165) is 4.88 Å². The maximum absolute atomic E-state index is 11.8. The Labute approximate surface area is 107 Å². The van der Waals surface area contributed by atoms with Gasteiger partial charge in [0, 0.05) is 17.3 Å². The summed E-state index contributed by atoms with van der Waals surface area (Å²) < 4.78 is 39.6. The second-order valence-corrected chi connectivity index (χ2v) is 4.89. The Balaban J connectivity index is 2.19. The van der Waals surface area contributed by atoms with Crippen LogP contribution in [0.5, 0.6) is 0 Å². The normalized spacial score (nSPS) is 13.3. The molecule has 1 unspecified atom stereocenters. The molecule has 0 saturated carbocycles. The minimum absolute atomic E-state index is 0.134. The summed E-state index contributed by atoms with van der Waals surface area (Å²) in [6.45, 7) is -0.185. The van der Waals surface area contributed by atoms with E-state index in [1.165, 1.54) is 0 Å². The lowest BCUT2D eigenvalue weighted by molar-refractivity contribution is -0.175. The molecule has 1 N–H and O–H groups in total. The molecule has 1 heterocycles. The molecular formula is C11H14F3NO2S. The summed E-state index contributed by atoms with van der Waals surface area (Å²) in [5.74, 6) is -0.539. The highest BCUT2D eigenvalue weighted by molar-refractivity contribution is 7.09. The quantitative estimate of drug-likeness (QED) is 0.869. The average molecular weight is 281 g/mol. The predicted molar refractivity (Wildman–Crippen MR) is 62.5 cm³/mol. The van der Waals surface area contributed by atoms with Crippen molar-refractivity contribution in [2.24, 2.45) is 0 Å². The fourth-order valence-electron chi connectivity index (χ4n) is 1.36. The molecule has 0 bridgehead atoms. The van der Waals surface area contributed by atoms with E-state index in [0.29, 0.717) is 6.42 Å². The lowest BCUT2D eigenvalue weighted by atomic mass is 10.2. The van der Waals surface area contributed by atoms with Gasteiger partial charge in [-0.3, -0.25) is 4.79 Å². The first-order chi connectivity index (χ1) is 8.37. The zero-order valence-corrected chi connectivity index (χ0v) is 10.6. The number of alkyl halides is 3. The number of nitrogens with one attached hydrogen (secondary N) is 1. The SMILES string of the molecule is CC(Cc1cccs1)NC(=O)COCC(F)(F)F. The number of halogens is 3. The Morgan fingerprint density at radius 3 is 2.83 bits per heavy atom. The number of carbonyl (C=O) groups excluding carboxylic acids is 1. The number of hydrogen-bond acceptors (Lipinski definition) is 3. The second-order valence-electron chi connectivity index (χ2n) is 3.86. The summed E-state index contributed by atoms with van der Waals surface area (Å²) in [7, 11) is 0. The van der Waals surface area contributed by atoms with Crippen molar-refractivity contribution in [3.8, 4) is 0 Å². The Bertz CT molecular complexity index is 365. The van der Waals surface area contributed by atoms with E-state index in [9.17, 15) is 18.0 Å². The number of carbonyl (C=O) groups is 1. The largest absolute Gasteiger partial charge is 0.411 e. The molecule has 0 fully saturated rings. The van der Waals surface area contributed by atoms with E-state index in [4.69, 9.17) is 0 Å². The fraction of sp³-hybridized carbons (Fsp3) is 0.545. The maximum Gasteiger partial charge on any atom is 0.411 e. The lowest BCUT2D eigenvalue weighted by Gasteiger charge is -2.13. The fourth-order valence-corrected chi connectivity index (χ4v) is 2.19. The van der Waals surface area contributed by atoms with Crippen molar-refractivity contribution in [1.82, 2.24) is 5.32 Å². The van der Waals surface area contributed by atoms with Crippen molar-refractivity contribution in [3.63, 3.8) is 0 Å². The highest BCUT2D eigenvalue weighted by Crippen LogP contribution is 2.14. The van der Waals surface area contributed by atoms with Crippen LogP contribution < -0.4 is 5.32 Å². The van der Waals surface area contributed by atoms with Gasteiger partial charge in [-0.2, -0.15) is 13.2 Å². The Hall–Kier alpha value is -1.08. The van der Waals surface area contributed by atoms with Crippen molar-refractivity contribution in [2.75, 3.05) is 13.2 Å². The summed E-state index contributed by atoms with van der Waals surface area (Å²) >= 11 is 1.57. The van der Waals surface area contributed by atoms with Gasteiger partial charge < -0.3 is 10.1 Å². The van der Waals surface area contributed by atoms with Crippen molar-refractivity contribution in [2.45, 2.75) is 25.6 Å². The number of amides is 1. The van der Waals surface area contributed by atoms with Gasteiger partial charge in [-0.25, -0.2) is 0 Å². The topological polar surface area (TPSA) is 38.3 Å². The number of ether oxygens (including phenoxy) is 1. The van der Waals surface area contributed by atoms with E-state index < -0.39 is 25.3 Å². The minimum atomic E-state index is -4.40.